The molecule has 5 rings (SSSR count). The number of halogens is 1. The van der Waals surface area contributed by atoms with Gasteiger partial charge in [0.05, 0.1) is 42.2 Å². The number of allylic oxidation sites excluding steroid dienone is 1. The summed E-state index contributed by atoms with van der Waals surface area (Å²) in [5.41, 5.74) is 2.35. The predicted octanol–water partition coefficient (Wildman–Crippen LogP) is 4.92. The number of methoxy groups -OCH3 is 1. The monoisotopic (exact) mass is 602 g/mol. The van der Waals surface area contributed by atoms with Crippen molar-refractivity contribution in [3.8, 4) is 17.2 Å². The molecule has 3 aromatic carbocycles. The summed E-state index contributed by atoms with van der Waals surface area (Å²) in [6, 6.07) is 18.2. The van der Waals surface area contributed by atoms with Gasteiger partial charge in [-0.25, -0.2) is 14.2 Å². The van der Waals surface area contributed by atoms with Crippen LogP contribution in [0.25, 0.3) is 6.08 Å². The lowest BCUT2D eigenvalue weighted by Crippen LogP contribution is -2.40. The Morgan fingerprint density at radius 1 is 1.02 bits per heavy atom. The summed E-state index contributed by atoms with van der Waals surface area (Å²) >= 11 is 1.23. The lowest BCUT2D eigenvalue weighted by Gasteiger charge is -2.25. The standard InChI is InChI=1S/C33H31FN2O6S/c1-5-40-27-18-22(13-16-26(27)39-4)30-29(32(38)41-6-2)20(3)35-33-36(30)31(37)28(43-33)17-21-11-14-24(15-12-21)42-19-23-9-7-8-10-25(23)34/h7-18,30H,5-6,19H2,1-4H3/b28-17-/t30-/m1/s1. The molecule has 0 saturated heterocycles. The van der Waals surface area contributed by atoms with Crippen LogP contribution in [-0.2, 0) is 16.1 Å². The smallest absolute Gasteiger partial charge is 0.338 e. The maximum Gasteiger partial charge on any atom is 0.338 e. The van der Waals surface area contributed by atoms with Crippen LogP contribution in [0.2, 0.25) is 0 Å². The van der Waals surface area contributed by atoms with Crippen LogP contribution in [0, 0.1) is 5.82 Å². The summed E-state index contributed by atoms with van der Waals surface area (Å²) < 4.78 is 38.3. The number of hydrogen-bond acceptors (Lipinski definition) is 8. The molecule has 1 aliphatic heterocycles. The molecule has 8 nitrogen and oxygen atoms in total. The van der Waals surface area contributed by atoms with Crippen LogP contribution in [0.15, 0.2) is 87.8 Å². The molecule has 0 amide bonds. The topological polar surface area (TPSA) is 88.4 Å². The molecule has 2 heterocycles. The van der Waals surface area contributed by atoms with E-state index in [4.69, 9.17) is 18.9 Å². The van der Waals surface area contributed by atoms with Crippen molar-refractivity contribution in [2.24, 2.45) is 4.99 Å². The van der Waals surface area contributed by atoms with Gasteiger partial charge >= 0.3 is 5.97 Å². The molecule has 43 heavy (non-hydrogen) atoms. The van der Waals surface area contributed by atoms with Crippen molar-refractivity contribution in [1.29, 1.82) is 0 Å². The minimum absolute atomic E-state index is 0.100. The molecular formula is C33H31FN2O6S. The Morgan fingerprint density at radius 2 is 1.79 bits per heavy atom. The number of fused-ring (bicyclic) bond motifs is 1. The molecule has 0 saturated carbocycles. The lowest BCUT2D eigenvalue weighted by molar-refractivity contribution is -0.139. The summed E-state index contributed by atoms with van der Waals surface area (Å²) in [4.78, 5) is 32.2. The first-order valence-electron chi connectivity index (χ1n) is 13.8. The molecule has 0 fully saturated rings. The predicted molar refractivity (Wildman–Crippen MR) is 162 cm³/mol. The van der Waals surface area contributed by atoms with Gasteiger partial charge in [-0.1, -0.05) is 47.7 Å². The fourth-order valence-electron chi connectivity index (χ4n) is 4.83. The Hall–Kier alpha value is -4.70. The van der Waals surface area contributed by atoms with Crippen molar-refractivity contribution < 1.29 is 28.1 Å². The Bertz CT molecular complexity index is 1860. The number of aromatic nitrogens is 1. The quantitative estimate of drug-likeness (QED) is 0.240. The normalized spacial score (nSPS) is 14.6. The van der Waals surface area contributed by atoms with Crippen molar-refractivity contribution in [2.45, 2.75) is 33.4 Å². The van der Waals surface area contributed by atoms with E-state index < -0.39 is 12.0 Å². The molecule has 0 aliphatic carbocycles. The molecule has 1 aromatic heterocycles. The number of benzene rings is 3. The number of carbonyl (C=O) groups is 1. The largest absolute Gasteiger partial charge is 0.493 e. The SMILES string of the molecule is CCOC(=O)C1=C(C)N=c2s/c(=C\c3ccc(OCc4ccccc4F)cc3)c(=O)n2[C@@H]1c1ccc(OC)c(OCC)c1. The van der Waals surface area contributed by atoms with E-state index in [1.807, 2.05) is 19.1 Å². The van der Waals surface area contributed by atoms with Crippen LogP contribution < -0.4 is 29.1 Å². The zero-order valence-electron chi connectivity index (χ0n) is 24.3. The highest BCUT2D eigenvalue weighted by atomic mass is 32.1. The van der Waals surface area contributed by atoms with Gasteiger partial charge in [-0.2, -0.15) is 0 Å². The zero-order chi connectivity index (χ0) is 30.5. The van der Waals surface area contributed by atoms with E-state index >= 15 is 0 Å². The highest BCUT2D eigenvalue weighted by Crippen LogP contribution is 2.36. The second-order valence-corrected chi connectivity index (χ2v) is 10.6. The minimum atomic E-state index is -0.781. The van der Waals surface area contributed by atoms with E-state index in [-0.39, 0.29) is 30.2 Å². The van der Waals surface area contributed by atoms with Crippen LogP contribution in [0.3, 0.4) is 0 Å². The first-order chi connectivity index (χ1) is 20.8. The second-order valence-electron chi connectivity index (χ2n) is 9.59. The molecule has 0 N–H and O–H groups in total. The van der Waals surface area contributed by atoms with Gasteiger partial charge in [0.1, 0.15) is 18.2 Å². The first kappa shape index (κ1) is 29.8. The van der Waals surface area contributed by atoms with Gasteiger partial charge in [0, 0.05) is 5.56 Å². The molecule has 0 bridgehead atoms. The summed E-state index contributed by atoms with van der Waals surface area (Å²) in [7, 11) is 1.55. The summed E-state index contributed by atoms with van der Waals surface area (Å²) in [6.07, 6.45) is 1.77. The Balaban J connectivity index is 1.53. The highest BCUT2D eigenvalue weighted by Gasteiger charge is 2.34. The van der Waals surface area contributed by atoms with Gasteiger partial charge in [0.15, 0.2) is 16.3 Å². The van der Waals surface area contributed by atoms with Crippen molar-refractivity contribution in [3.05, 3.63) is 120 Å². The molecule has 4 aromatic rings. The van der Waals surface area contributed by atoms with Crippen molar-refractivity contribution in [3.63, 3.8) is 0 Å². The fourth-order valence-corrected chi connectivity index (χ4v) is 5.87. The van der Waals surface area contributed by atoms with Crippen molar-refractivity contribution in [1.82, 2.24) is 4.57 Å². The molecule has 0 spiro atoms. The maximum absolute atomic E-state index is 13.9. The molecule has 0 radical (unpaired) electrons. The summed E-state index contributed by atoms with van der Waals surface area (Å²) in [5.74, 6) is 0.749. The average Bonchev–Trinajstić information content (AvgIpc) is 3.30. The third-order valence-corrected chi connectivity index (χ3v) is 7.83. The molecular weight excluding hydrogens is 571 g/mol. The van der Waals surface area contributed by atoms with Gasteiger partial charge in [0.25, 0.3) is 5.56 Å². The number of carbonyl (C=O) groups excluding carboxylic acids is 1. The van der Waals surface area contributed by atoms with E-state index in [9.17, 15) is 14.0 Å². The van der Waals surface area contributed by atoms with Crippen LogP contribution in [0.1, 0.15) is 43.5 Å². The third kappa shape index (κ3) is 6.24. The molecule has 0 unspecified atom stereocenters. The van der Waals surface area contributed by atoms with Gasteiger partial charge in [-0.3, -0.25) is 9.36 Å². The van der Waals surface area contributed by atoms with E-state index in [0.29, 0.717) is 50.0 Å². The Morgan fingerprint density at radius 3 is 2.49 bits per heavy atom. The Kier molecular flexibility index (Phi) is 9.06. The van der Waals surface area contributed by atoms with Gasteiger partial charge in [-0.05, 0) is 68.3 Å². The fraction of sp³-hybridized carbons (Fsp3) is 0.242. The van der Waals surface area contributed by atoms with Crippen molar-refractivity contribution in [2.75, 3.05) is 20.3 Å². The Labute approximate surface area is 252 Å². The van der Waals surface area contributed by atoms with Gasteiger partial charge in [0.2, 0.25) is 0 Å². The molecule has 10 heteroatoms. The van der Waals surface area contributed by atoms with Crippen molar-refractivity contribution >= 4 is 23.4 Å². The number of nitrogens with zero attached hydrogens (tertiary/aromatic N) is 2. The second kappa shape index (κ2) is 13.1. The number of thiazole rings is 1. The maximum atomic E-state index is 13.9. The zero-order valence-corrected chi connectivity index (χ0v) is 25.1. The van der Waals surface area contributed by atoms with Crippen LogP contribution in [0.5, 0.6) is 17.2 Å². The number of rotatable bonds is 10. The lowest BCUT2D eigenvalue weighted by atomic mass is 9.95. The van der Waals surface area contributed by atoms with E-state index in [1.165, 1.54) is 22.0 Å². The average molecular weight is 603 g/mol. The van der Waals surface area contributed by atoms with Crippen LogP contribution in [-0.4, -0.2) is 30.9 Å². The number of hydrogen-bond donors (Lipinski definition) is 0. The van der Waals surface area contributed by atoms with Gasteiger partial charge < -0.3 is 18.9 Å². The van der Waals surface area contributed by atoms with E-state index in [0.717, 1.165) is 5.56 Å². The van der Waals surface area contributed by atoms with E-state index in [1.54, 1.807) is 75.6 Å². The number of ether oxygens (including phenoxy) is 4. The highest BCUT2D eigenvalue weighted by molar-refractivity contribution is 7.07. The first-order valence-corrected chi connectivity index (χ1v) is 14.6. The molecule has 1 aliphatic rings. The van der Waals surface area contributed by atoms with Gasteiger partial charge in [-0.15, -0.1) is 0 Å². The third-order valence-electron chi connectivity index (χ3n) is 6.85. The molecule has 1 atom stereocenters. The molecule has 222 valence electrons. The van der Waals surface area contributed by atoms with E-state index in [2.05, 4.69) is 4.99 Å². The summed E-state index contributed by atoms with van der Waals surface area (Å²) in [6.45, 7) is 6.03. The number of esters is 1. The minimum Gasteiger partial charge on any atom is -0.493 e. The van der Waals surface area contributed by atoms with Crippen LogP contribution in [0.4, 0.5) is 4.39 Å². The summed E-state index contributed by atoms with van der Waals surface area (Å²) in [5, 5.41) is 0. The van der Waals surface area contributed by atoms with Crippen LogP contribution >= 0.6 is 11.3 Å².